The van der Waals surface area contributed by atoms with E-state index in [4.69, 9.17) is 45.0 Å². The minimum absolute atomic E-state index is 0.0272. The first kappa shape index (κ1) is 108. The molecule has 5 unspecified atom stereocenters. The van der Waals surface area contributed by atoms with Crippen LogP contribution in [0, 0.1) is 45.8 Å². The smallest absolute Gasteiger partial charge is 0.251 e. The number of aryl methyl sites for hydroxylation is 5. The standard InChI is InChI=1S/C26H33N3O4.C24H29N3O4.C23H28N4O4.C19H22N2O5S.C18H24N2O3/c1-3-29-13-11-26(2,12-14-29)27-24(30)19-5-4-6-22(16-19)33-23-10-9-18-7-8-20(25(31)28-32)15-21(18)17-23;1-24(9-11-25-12-10-24)23(29)26-19-3-2-4-20(15-19)31-21-8-7-16-5-6-17(22(28)27-30)13-18(16)14-21;1-23(7-10-24-11-8-23)22(29)26-20-14-19(6-9-25-20)31-18-5-4-15-2-3-16(21(28)27-30)12-17(15)13-18;1-19(18(22)20-23)9-8-13-6-7-17(10-14(13)12-19)26-16-5-3-4-15(11-16)21-27(2,24)25;21-17(14-5-7-19-8-6-14)10-12-1-2-13-3-4-15(18(22)20-23)11-16(13)9-12/h4-6,9-10,16-17,20,32H,3,7-8,11-15H2,1-2H3,(H,27,30)(H,28,31);2-4,7-8,14-15,17,25,30H,5-6,9-13H2,1H3,(H,26,29)(H,27,28);4-6,9,13-14,16,24,30H,2-3,7-8,10-12H2,1H3,(H,27,28)(H,25,26,29);3-7,10-11,21,23H,8-9,12H2,1-2H3,(H,20,22);1-2,9,14-15,19,23H,3-8,10-11H2,(H,20,22). The quantitative estimate of drug-likeness (QED) is 0.0187. The maximum absolute atomic E-state index is 13.0. The Morgan fingerprint density at radius 3 is 1.25 bits per heavy atom. The van der Waals surface area contributed by atoms with Gasteiger partial charge >= 0.3 is 0 Å². The number of sulfonamides is 1. The molecule has 0 bridgehead atoms. The lowest BCUT2D eigenvalue weighted by molar-refractivity contribution is -0.139. The number of ketones is 1. The Kier molecular flexibility index (Phi) is 36.9. The van der Waals surface area contributed by atoms with E-state index in [9.17, 15) is 51.6 Å². The molecule has 0 spiro atoms. The third-order valence-electron chi connectivity index (χ3n) is 29.7. The molecule has 4 aliphatic heterocycles. The first-order valence-corrected chi connectivity index (χ1v) is 52.1. The molecule has 9 aromatic rings. The highest BCUT2D eigenvalue weighted by atomic mass is 32.2. The molecular weight excluding hydrogens is 1870 g/mol. The molecule has 35 heteroatoms. The van der Waals surface area contributed by atoms with Crippen molar-refractivity contribution >= 4 is 80.3 Å². The number of likely N-dealkylation sites (tertiary alicyclic amines) is 1. The van der Waals surface area contributed by atoms with Gasteiger partial charge in [0.05, 0.1) is 17.4 Å². The highest BCUT2D eigenvalue weighted by Crippen LogP contribution is 2.42. The van der Waals surface area contributed by atoms with Crippen LogP contribution < -0.4 is 83.0 Å². The molecule has 5 heterocycles. The van der Waals surface area contributed by atoms with E-state index in [1.54, 1.807) is 82.1 Å². The van der Waals surface area contributed by atoms with E-state index in [0.29, 0.717) is 132 Å². The molecule has 1 aromatic heterocycles. The van der Waals surface area contributed by atoms with Gasteiger partial charge in [0.25, 0.3) is 5.91 Å². The second-order valence-electron chi connectivity index (χ2n) is 40.6. The largest absolute Gasteiger partial charge is 0.457 e. The molecule has 0 saturated carbocycles. The zero-order valence-electron chi connectivity index (χ0n) is 83.2. The Morgan fingerprint density at radius 2 is 0.793 bits per heavy atom. The molecule has 4 fully saturated rings. The SMILES string of the molecule is CC1(C(=O)NO)CCc2ccc(Oc3cccc(NS(C)(=O)=O)c3)cc2C1.CC1(C(=O)Nc2cc(Oc3ccc4c(c3)CC(C(=O)NO)CC4)ccn2)CCNCC1.CC1(C(=O)Nc2cccc(Oc3ccc4c(c3)CC(C(=O)NO)CC4)c2)CCNCC1.CCN1CCC(C)(NC(=O)c2cccc(Oc3ccc4c(c3)CC(C(=O)NO)CC4)c2)CC1.O=C(Cc1ccc2c(c1)CC(C(=O)NO)CC2)C1CCNCC1. The number of ether oxygens (including phenoxy) is 4. The van der Waals surface area contributed by atoms with E-state index in [0.717, 1.165) is 200 Å². The number of carbonyl (C=O) groups excluding carboxylic acids is 9. The van der Waals surface area contributed by atoms with Crippen LogP contribution in [0.4, 0.5) is 17.2 Å². The number of nitrogens with one attached hydrogen (secondary N) is 12. The molecule has 772 valence electrons. The molecule has 8 aromatic carbocycles. The number of fused-ring (bicyclic) bond motifs is 5. The number of nitrogens with zero attached hydrogens (tertiary/aromatic N) is 2. The summed E-state index contributed by atoms with van der Waals surface area (Å²) in [5.74, 6) is 3.12. The summed E-state index contributed by atoms with van der Waals surface area (Å²) >= 11 is 0. The van der Waals surface area contributed by atoms with Crippen molar-refractivity contribution < 1.29 is 96.6 Å². The Morgan fingerprint density at radius 1 is 0.393 bits per heavy atom. The van der Waals surface area contributed by atoms with E-state index in [1.165, 1.54) is 22.3 Å². The molecule has 8 amide bonds. The van der Waals surface area contributed by atoms with Gasteiger partial charge in [-0.2, -0.15) is 0 Å². The highest BCUT2D eigenvalue weighted by Gasteiger charge is 2.40. The summed E-state index contributed by atoms with van der Waals surface area (Å²) in [5, 5.41) is 63.6. The fourth-order valence-corrected chi connectivity index (χ4v) is 21.0. The fourth-order valence-electron chi connectivity index (χ4n) is 20.4. The Hall–Kier alpha value is -13.1. The van der Waals surface area contributed by atoms with Crippen LogP contribution in [-0.4, -0.2) is 168 Å². The summed E-state index contributed by atoms with van der Waals surface area (Å²) in [6.45, 7) is 18.4. The summed E-state index contributed by atoms with van der Waals surface area (Å²) in [6, 6.07) is 54.3. The maximum Gasteiger partial charge on any atom is 0.251 e. The number of aromatic nitrogens is 1. The van der Waals surface area contributed by atoms with E-state index in [2.05, 4.69) is 72.5 Å². The van der Waals surface area contributed by atoms with Gasteiger partial charge in [0.1, 0.15) is 57.6 Å². The van der Waals surface area contributed by atoms with Crippen molar-refractivity contribution in [3.05, 3.63) is 249 Å². The number of amides is 8. The molecule has 34 nitrogen and oxygen atoms in total. The van der Waals surface area contributed by atoms with Crippen molar-refractivity contribution in [3.8, 4) is 46.0 Å². The van der Waals surface area contributed by atoms with Crippen molar-refractivity contribution in [1.82, 2.24) is 58.6 Å². The first-order chi connectivity index (χ1) is 69.7. The fraction of sp³-hybridized carbons (Fsp3) is 0.436. The Balaban J connectivity index is 0.000000144. The van der Waals surface area contributed by atoms with E-state index < -0.39 is 20.9 Å². The third-order valence-corrected chi connectivity index (χ3v) is 30.3. The van der Waals surface area contributed by atoms with Crippen LogP contribution in [0.15, 0.2) is 182 Å². The van der Waals surface area contributed by atoms with Crippen LogP contribution in [0.2, 0.25) is 0 Å². The van der Waals surface area contributed by atoms with Gasteiger partial charge in [0.2, 0.25) is 51.4 Å². The minimum Gasteiger partial charge on any atom is -0.457 e. The molecule has 5 aliphatic carbocycles. The first-order valence-electron chi connectivity index (χ1n) is 50.2. The molecule has 0 radical (unpaired) electrons. The number of rotatable bonds is 25. The second kappa shape index (κ2) is 49.7. The summed E-state index contributed by atoms with van der Waals surface area (Å²) < 4.78 is 49.1. The molecule has 17 N–H and O–H groups in total. The molecular formula is C110H136N14O20S. The lowest BCUT2D eigenvalue weighted by Crippen LogP contribution is -2.53. The number of piperidine rings is 4. The van der Waals surface area contributed by atoms with Gasteiger partial charge in [-0.25, -0.2) is 40.8 Å². The second-order valence-corrected chi connectivity index (χ2v) is 42.3. The lowest BCUT2D eigenvalue weighted by atomic mass is 9.72. The number of hydroxylamine groups is 5. The predicted molar refractivity (Wildman–Crippen MR) is 546 cm³/mol. The molecule has 145 heavy (non-hydrogen) atoms. The van der Waals surface area contributed by atoms with Gasteiger partial charge in [-0.3, -0.25) is 73.9 Å². The zero-order valence-corrected chi connectivity index (χ0v) is 84.0. The van der Waals surface area contributed by atoms with E-state index in [1.807, 2.05) is 136 Å². The average Bonchev–Trinajstić information content (AvgIpc) is 0.786. The Bertz CT molecular complexity index is 6080. The van der Waals surface area contributed by atoms with Crippen LogP contribution in [-0.2, 0) is 119 Å². The number of pyridine rings is 1. The van der Waals surface area contributed by atoms with Crippen molar-refractivity contribution in [2.45, 2.75) is 194 Å². The van der Waals surface area contributed by atoms with Gasteiger partial charge in [0, 0.05) is 101 Å². The number of carbonyl (C=O) groups is 9. The predicted octanol–water partition coefficient (Wildman–Crippen LogP) is 14.2. The van der Waals surface area contributed by atoms with Gasteiger partial charge in [-0.1, -0.05) is 88.4 Å². The van der Waals surface area contributed by atoms with Crippen LogP contribution in [0.1, 0.15) is 190 Å². The van der Waals surface area contributed by atoms with Crippen LogP contribution in [0.3, 0.4) is 0 Å². The van der Waals surface area contributed by atoms with Crippen LogP contribution in [0.5, 0.6) is 46.0 Å². The number of anilines is 3. The van der Waals surface area contributed by atoms with E-state index in [-0.39, 0.29) is 87.8 Å². The van der Waals surface area contributed by atoms with E-state index >= 15 is 0 Å². The van der Waals surface area contributed by atoms with Crippen molar-refractivity contribution in [1.29, 1.82) is 0 Å². The molecule has 18 rings (SSSR count). The van der Waals surface area contributed by atoms with Gasteiger partial charge < -0.3 is 55.7 Å². The Labute approximate surface area is 846 Å². The monoisotopic (exact) mass is 2000 g/mol. The van der Waals surface area contributed by atoms with Gasteiger partial charge in [-0.15, -0.1) is 0 Å². The third kappa shape index (κ3) is 29.7. The summed E-state index contributed by atoms with van der Waals surface area (Å²) in [7, 11) is -3.37. The van der Waals surface area contributed by atoms with Crippen molar-refractivity contribution in [2.24, 2.45) is 45.8 Å². The lowest BCUT2D eigenvalue weighted by Gasteiger charge is -2.39. The molecule has 9 aliphatic rings. The number of hydrogen-bond acceptors (Lipinski definition) is 25. The summed E-state index contributed by atoms with van der Waals surface area (Å²) in [5.41, 5.74) is 21.2. The average molecular weight is 2010 g/mol. The normalized spacial score (nSPS) is 19.9. The molecule has 4 saturated heterocycles. The number of benzene rings is 8. The number of hydrogen-bond donors (Lipinski definition) is 17. The van der Waals surface area contributed by atoms with Gasteiger partial charge in [0.15, 0.2) is 0 Å². The van der Waals surface area contributed by atoms with Gasteiger partial charge in [-0.05, 0) is 359 Å². The maximum atomic E-state index is 13.0. The minimum atomic E-state index is -3.37. The van der Waals surface area contributed by atoms with Crippen LogP contribution in [0.25, 0.3) is 0 Å². The molecule has 5 atom stereocenters. The number of Topliss-reactive ketones (excluding diaryl/α,β-unsaturated/α-hetero) is 1. The highest BCUT2D eigenvalue weighted by molar-refractivity contribution is 7.92. The van der Waals surface area contributed by atoms with Crippen molar-refractivity contribution in [3.63, 3.8) is 0 Å². The summed E-state index contributed by atoms with van der Waals surface area (Å²) in [6.07, 6.45) is 20.5. The van der Waals surface area contributed by atoms with Crippen LogP contribution >= 0.6 is 0 Å². The summed E-state index contributed by atoms with van der Waals surface area (Å²) in [4.78, 5) is 117. The zero-order chi connectivity index (χ0) is 103. The topological polar surface area (TPSA) is 486 Å². The van der Waals surface area contributed by atoms with Crippen molar-refractivity contribution in [2.75, 3.05) is 80.5 Å².